The second-order valence-corrected chi connectivity index (χ2v) is 6.34. The van der Waals surface area contributed by atoms with Crippen LogP contribution in [0.15, 0.2) is 48.5 Å². The standard InChI is InChI=1S/C16H15ClFNOS/c1-11(21-10-12-2-4-13(17)5-3-12)16(20)19-15-8-6-14(18)7-9-15/h2-9,11H,10H2,1H3,(H,19,20). The molecule has 0 saturated heterocycles. The Morgan fingerprint density at radius 1 is 1.19 bits per heavy atom. The Labute approximate surface area is 132 Å². The van der Waals surface area contributed by atoms with Crippen LogP contribution in [0, 0.1) is 5.82 Å². The predicted octanol–water partition coefficient (Wildman–Crippen LogP) is 4.74. The highest BCUT2D eigenvalue weighted by Crippen LogP contribution is 2.20. The number of halogens is 2. The van der Waals surface area contributed by atoms with Gasteiger partial charge in [0.1, 0.15) is 5.82 Å². The van der Waals surface area contributed by atoms with Crippen molar-refractivity contribution in [2.24, 2.45) is 0 Å². The molecule has 0 aliphatic carbocycles. The van der Waals surface area contributed by atoms with E-state index in [1.807, 2.05) is 31.2 Å². The van der Waals surface area contributed by atoms with E-state index in [-0.39, 0.29) is 17.0 Å². The third-order valence-corrected chi connectivity index (χ3v) is 4.36. The third-order valence-electron chi connectivity index (χ3n) is 2.89. The lowest BCUT2D eigenvalue weighted by molar-refractivity contribution is -0.115. The van der Waals surface area contributed by atoms with Gasteiger partial charge in [0, 0.05) is 16.5 Å². The van der Waals surface area contributed by atoms with E-state index in [0.29, 0.717) is 10.7 Å². The minimum absolute atomic E-state index is 0.0967. The van der Waals surface area contributed by atoms with Crippen LogP contribution in [0.25, 0.3) is 0 Å². The lowest BCUT2D eigenvalue weighted by Gasteiger charge is -2.12. The number of thioether (sulfide) groups is 1. The summed E-state index contributed by atoms with van der Waals surface area (Å²) in [6.45, 7) is 1.85. The Hall–Kier alpha value is -1.52. The number of anilines is 1. The monoisotopic (exact) mass is 323 g/mol. The molecule has 0 fully saturated rings. The van der Waals surface area contributed by atoms with Gasteiger partial charge in [-0.05, 0) is 48.9 Å². The molecule has 0 aliphatic rings. The summed E-state index contributed by atoms with van der Waals surface area (Å²) in [4.78, 5) is 12.0. The SMILES string of the molecule is CC(SCc1ccc(Cl)cc1)C(=O)Nc1ccc(F)cc1. The van der Waals surface area contributed by atoms with Crippen molar-refractivity contribution >= 4 is 35.0 Å². The molecule has 0 radical (unpaired) electrons. The Bertz CT molecular complexity index is 601. The van der Waals surface area contributed by atoms with Gasteiger partial charge in [0.25, 0.3) is 0 Å². The first kappa shape index (κ1) is 15.9. The molecule has 2 aromatic carbocycles. The number of hydrogen-bond donors (Lipinski definition) is 1. The first-order valence-corrected chi connectivity index (χ1v) is 7.90. The van der Waals surface area contributed by atoms with Gasteiger partial charge in [-0.2, -0.15) is 0 Å². The van der Waals surface area contributed by atoms with Gasteiger partial charge in [-0.25, -0.2) is 4.39 Å². The van der Waals surface area contributed by atoms with Gasteiger partial charge in [-0.1, -0.05) is 23.7 Å². The molecule has 0 saturated carbocycles. The van der Waals surface area contributed by atoms with Crippen LogP contribution in [0.4, 0.5) is 10.1 Å². The molecule has 1 amide bonds. The molecule has 21 heavy (non-hydrogen) atoms. The normalized spacial score (nSPS) is 12.0. The van der Waals surface area contributed by atoms with E-state index >= 15 is 0 Å². The molecular weight excluding hydrogens is 309 g/mol. The van der Waals surface area contributed by atoms with E-state index in [4.69, 9.17) is 11.6 Å². The second-order valence-electron chi connectivity index (χ2n) is 4.58. The van der Waals surface area contributed by atoms with Crippen molar-refractivity contribution < 1.29 is 9.18 Å². The van der Waals surface area contributed by atoms with Crippen LogP contribution in [0.2, 0.25) is 5.02 Å². The quantitative estimate of drug-likeness (QED) is 0.861. The van der Waals surface area contributed by atoms with Crippen molar-refractivity contribution in [2.75, 3.05) is 5.32 Å². The fraction of sp³-hybridized carbons (Fsp3) is 0.188. The summed E-state index contributed by atoms with van der Waals surface area (Å²) in [7, 11) is 0. The molecule has 1 unspecified atom stereocenters. The molecule has 0 bridgehead atoms. The number of amides is 1. The van der Waals surface area contributed by atoms with Crippen LogP contribution in [0.3, 0.4) is 0 Å². The largest absolute Gasteiger partial charge is 0.325 e. The third kappa shape index (κ3) is 5.06. The van der Waals surface area contributed by atoms with Crippen molar-refractivity contribution in [2.45, 2.75) is 17.9 Å². The van der Waals surface area contributed by atoms with E-state index in [9.17, 15) is 9.18 Å². The summed E-state index contributed by atoms with van der Waals surface area (Å²) in [6, 6.07) is 13.3. The highest BCUT2D eigenvalue weighted by molar-refractivity contribution is 7.99. The summed E-state index contributed by atoms with van der Waals surface area (Å²) >= 11 is 7.37. The van der Waals surface area contributed by atoms with Crippen LogP contribution in [0.1, 0.15) is 12.5 Å². The maximum absolute atomic E-state index is 12.8. The Morgan fingerprint density at radius 3 is 2.43 bits per heavy atom. The van der Waals surface area contributed by atoms with Crippen molar-refractivity contribution in [3.63, 3.8) is 0 Å². The second kappa shape index (κ2) is 7.48. The lowest BCUT2D eigenvalue weighted by Crippen LogP contribution is -2.22. The maximum Gasteiger partial charge on any atom is 0.237 e. The van der Waals surface area contributed by atoms with E-state index in [2.05, 4.69) is 5.32 Å². The minimum Gasteiger partial charge on any atom is -0.325 e. The zero-order chi connectivity index (χ0) is 15.2. The van der Waals surface area contributed by atoms with E-state index < -0.39 is 0 Å². The molecule has 1 N–H and O–H groups in total. The van der Waals surface area contributed by atoms with Gasteiger partial charge in [0.2, 0.25) is 5.91 Å². The van der Waals surface area contributed by atoms with Crippen molar-refractivity contribution in [1.82, 2.24) is 0 Å². The van der Waals surface area contributed by atoms with Crippen LogP contribution >= 0.6 is 23.4 Å². The molecule has 2 rings (SSSR count). The number of carbonyl (C=O) groups is 1. The maximum atomic E-state index is 12.8. The minimum atomic E-state index is -0.321. The Balaban J connectivity index is 1.84. The van der Waals surface area contributed by atoms with Crippen molar-refractivity contribution in [3.05, 3.63) is 64.9 Å². The smallest absolute Gasteiger partial charge is 0.237 e. The van der Waals surface area contributed by atoms with Crippen LogP contribution in [0.5, 0.6) is 0 Å². The molecule has 1 atom stereocenters. The van der Waals surface area contributed by atoms with Gasteiger partial charge in [-0.3, -0.25) is 4.79 Å². The average molecular weight is 324 g/mol. The molecule has 0 spiro atoms. The fourth-order valence-electron chi connectivity index (χ4n) is 1.65. The first-order chi connectivity index (χ1) is 10.0. The van der Waals surface area contributed by atoms with Gasteiger partial charge in [0.05, 0.1) is 5.25 Å². The van der Waals surface area contributed by atoms with Gasteiger partial charge in [0.15, 0.2) is 0 Å². The van der Waals surface area contributed by atoms with Crippen molar-refractivity contribution in [3.8, 4) is 0 Å². The molecular formula is C16H15ClFNOS. The summed E-state index contributed by atoms with van der Waals surface area (Å²) in [6.07, 6.45) is 0. The molecule has 110 valence electrons. The molecule has 0 aliphatic heterocycles. The van der Waals surface area contributed by atoms with Crippen LogP contribution in [-0.2, 0) is 10.5 Å². The predicted molar refractivity (Wildman–Crippen MR) is 87.2 cm³/mol. The highest BCUT2D eigenvalue weighted by atomic mass is 35.5. The molecule has 5 heteroatoms. The van der Waals surface area contributed by atoms with Gasteiger partial charge in [-0.15, -0.1) is 11.8 Å². The van der Waals surface area contributed by atoms with Gasteiger partial charge >= 0.3 is 0 Å². The van der Waals surface area contributed by atoms with Crippen LogP contribution < -0.4 is 5.32 Å². The number of carbonyl (C=O) groups excluding carboxylic acids is 1. The summed E-state index contributed by atoms with van der Waals surface area (Å²) in [5.74, 6) is 0.313. The molecule has 2 aromatic rings. The lowest BCUT2D eigenvalue weighted by atomic mass is 10.2. The topological polar surface area (TPSA) is 29.1 Å². The molecule has 0 aromatic heterocycles. The molecule has 2 nitrogen and oxygen atoms in total. The van der Waals surface area contributed by atoms with E-state index in [1.54, 1.807) is 12.1 Å². The van der Waals surface area contributed by atoms with Crippen LogP contribution in [-0.4, -0.2) is 11.2 Å². The first-order valence-electron chi connectivity index (χ1n) is 6.47. The van der Waals surface area contributed by atoms with E-state index in [0.717, 1.165) is 11.3 Å². The Morgan fingerprint density at radius 2 is 1.81 bits per heavy atom. The number of benzene rings is 2. The average Bonchev–Trinajstić information content (AvgIpc) is 2.48. The summed E-state index contributed by atoms with van der Waals surface area (Å²) in [5.41, 5.74) is 1.71. The fourth-order valence-corrected chi connectivity index (χ4v) is 2.63. The zero-order valence-corrected chi connectivity index (χ0v) is 13.0. The Kier molecular flexibility index (Phi) is 5.65. The zero-order valence-electron chi connectivity index (χ0n) is 11.5. The van der Waals surface area contributed by atoms with Gasteiger partial charge < -0.3 is 5.32 Å². The highest BCUT2D eigenvalue weighted by Gasteiger charge is 2.13. The summed E-state index contributed by atoms with van der Waals surface area (Å²) < 4.78 is 12.8. The number of hydrogen-bond acceptors (Lipinski definition) is 2. The number of rotatable bonds is 5. The van der Waals surface area contributed by atoms with Crippen molar-refractivity contribution in [1.29, 1.82) is 0 Å². The molecule has 0 heterocycles. The van der Waals surface area contributed by atoms with E-state index in [1.165, 1.54) is 23.9 Å². The summed E-state index contributed by atoms with van der Waals surface area (Å²) in [5, 5.41) is 3.26. The number of nitrogens with one attached hydrogen (secondary N) is 1.